The van der Waals surface area contributed by atoms with Crippen LogP contribution in [-0.4, -0.2) is 37.0 Å². The molecule has 2 N–H and O–H groups in total. The Balaban J connectivity index is 1.14. The lowest BCUT2D eigenvalue weighted by Gasteiger charge is -2.55. The molecule has 0 spiro atoms. The minimum Gasteiger partial charge on any atom is -0.456 e. The summed E-state index contributed by atoms with van der Waals surface area (Å²) < 4.78 is 5.11. The minimum atomic E-state index is -0.428. The van der Waals surface area contributed by atoms with Gasteiger partial charge in [0.25, 0.3) is 5.91 Å². The average Bonchev–Trinajstić information content (AvgIpc) is 2.67. The number of rotatable bonds is 7. The van der Waals surface area contributed by atoms with Gasteiger partial charge in [0.2, 0.25) is 5.91 Å². The summed E-state index contributed by atoms with van der Waals surface area (Å²) in [6, 6.07) is 0.189. The molecule has 5 rings (SSSR count). The molecule has 2 amide bonds. The molecule has 0 aliphatic heterocycles. The maximum atomic E-state index is 12.9. The number of hydrogen-bond acceptors (Lipinski definition) is 4. The molecule has 4 bridgehead atoms. The predicted octanol–water partition coefficient (Wildman–Crippen LogP) is 2.95. The Bertz CT molecular complexity index is 612. The molecule has 0 aromatic rings. The summed E-state index contributed by atoms with van der Waals surface area (Å²) in [5.74, 6) is 2.13. The van der Waals surface area contributed by atoms with Crippen LogP contribution >= 0.6 is 0 Å². The predicted molar refractivity (Wildman–Crippen MR) is 109 cm³/mol. The Morgan fingerprint density at radius 1 is 0.966 bits per heavy atom. The summed E-state index contributed by atoms with van der Waals surface area (Å²) in [6.07, 6.45) is 11.6. The molecule has 6 nitrogen and oxygen atoms in total. The number of hydrogen-bond donors (Lipinski definition) is 2. The fourth-order valence-corrected chi connectivity index (χ4v) is 6.85. The zero-order chi connectivity index (χ0) is 20.4. The Labute approximate surface area is 173 Å². The lowest BCUT2D eigenvalue weighted by Crippen LogP contribution is -2.53. The Morgan fingerprint density at radius 2 is 1.59 bits per heavy atom. The summed E-state index contributed by atoms with van der Waals surface area (Å²) >= 11 is 0. The molecule has 0 aromatic heterocycles. The third-order valence-corrected chi connectivity index (χ3v) is 7.96. The average molecular weight is 405 g/mol. The van der Waals surface area contributed by atoms with Crippen LogP contribution in [0.5, 0.6) is 0 Å². The van der Waals surface area contributed by atoms with Crippen molar-refractivity contribution in [1.82, 2.24) is 10.6 Å². The van der Waals surface area contributed by atoms with Crippen molar-refractivity contribution in [3.63, 3.8) is 0 Å². The summed E-state index contributed by atoms with van der Waals surface area (Å²) in [5.41, 5.74) is -0.185. The molecule has 0 radical (unpaired) electrons. The largest absolute Gasteiger partial charge is 0.456 e. The lowest BCUT2D eigenvalue weighted by atomic mass is 9.49. The Morgan fingerprint density at radius 3 is 2.21 bits per heavy atom. The molecule has 2 atom stereocenters. The van der Waals surface area contributed by atoms with Crippen LogP contribution in [0, 0.1) is 29.1 Å². The zero-order valence-electron chi connectivity index (χ0n) is 17.7. The number of amides is 2. The van der Waals surface area contributed by atoms with E-state index >= 15 is 0 Å². The number of carbonyl (C=O) groups excluding carboxylic acids is 3. The van der Waals surface area contributed by atoms with Crippen molar-refractivity contribution < 1.29 is 19.1 Å². The van der Waals surface area contributed by atoms with E-state index in [2.05, 4.69) is 17.6 Å². The van der Waals surface area contributed by atoms with Gasteiger partial charge in [-0.1, -0.05) is 19.8 Å². The van der Waals surface area contributed by atoms with Gasteiger partial charge >= 0.3 is 5.97 Å². The van der Waals surface area contributed by atoms with Crippen molar-refractivity contribution >= 4 is 17.8 Å². The minimum absolute atomic E-state index is 0.116. The third kappa shape index (κ3) is 4.77. The van der Waals surface area contributed by atoms with Crippen LogP contribution in [0.4, 0.5) is 0 Å². The van der Waals surface area contributed by atoms with Crippen LogP contribution in [0.3, 0.4) is 0 Å². The van der Waals surface area contributed by atoms with Gasteiger partial charge in [-0.2, -0.15) is 0 Å². The number of carbonyl (C=O) groups is 3. The topological polar surface area (TPSA) is 84.5 Å². The van der Waals surface area contributed by atoms with Gasteiger partial charge in [0.1, 0.15) is 0 Å². The van der Waals surface area contributed by atoms with E-state index in [9.17, 15) is 14.4 Å². The van der Waals surface area contributed by atoms with E-state index < -0.39 is 5.97 Å². The second-order valence-corrected chi connectivity index (χ2v) is 10.3. The van der Waals surface area contributed by atoms with Crippen LogP contribution in [0.15, 0.2) is 0 Å². The quantitative estimate of drug-likeness (QED) is 0.639. The first-order chi connectivity index (χ1) is 13.9. The second kappa shape index (κ2) is 8.65. The molecule has 0 aromatic carbocycles. The van der Waals surface area contributed by atoms with E-state index in [0.29, 0.717) is 12.5 Å². The summed E-state index contributed by atoms with van der Waals surface area (Å²) in [5, 5.41) is 5.98. The Kier molecular flexibility index (Phi) is 6.16. The molecular formula is C23H36N2O4. The highest BCUT2D eigenvalue weighted by Gasteiger charge is 2.54. The first-order valence-electron chi connectivity index (χ1n) is 11.7. The van der Waals surface area contributed by atoms with Crippen molar-refractivity contribution in [2.45, 2.75) is 83.6 Å². The van der Waals surface area contributed by atoms with Gasteiger partial charge in [0.05, 0.1) is 6.42 Å². The molecule has 5 aliphatic carbocycles. The summed E-state index contributed by atoms with van der Waals surface area (Å²) in [7, 11) is 0. The lowest BCUT2D eigenvalue weighted by molar-refractivity contribution is -0.149. The summed E-state index contributed by atoms with van der Waals surface area (Å²) in [4.78, 5) is 36.9. The van der Waals surface area contributed by atoms with Crippen LogP contribution < -0.4 is 10.6 Å². The van der Waals surface area contributed by atoms with Gasteiger partial charge in [-0.25, -0.2) is 0 Å². The highest BCUT2D eigenvalue weighted by molar-refractivity contribution is 5.84. The maximum Gasteiger partial charge on any atom is 0.308 e. The van der Waals surface area contributed by atoms with Gasteiger partial charge in [-0.3, -0.25) is 14.4 Å². The molecule has 0 unspecified atom stereocenters. The Hall–Kier alpha value is -1.59. The highest BCUT2D eigenvalue weighted by Crippen LogP contribution is 2.60. The van der Waals surface area contributed by atoms with Gasteiger partial charge in [0.15, 0.2) is 6.61 Å². The van der Waals surface area contributed by atoms with E-state index in [4.69, 9.17) is 4.74 Å². The molecule has 6 heteroatoms. The molecule has 5 aliphatic rings. The smallest absolute Gasteiger partial charge is 0.308 e. The molecule has 29 heavy (non-hydrogen) atoms. The molecule has 0 heterocycles. The number of esters is 1. The van der Waals surface area contributed by atoms with Crippen LogP contribution in [0.25, 0.3) is 0 Å². The number of nitrogens with one attached hydrogen (secondary N) is 2. The monoisotopic (exact) mass is 404 g/mol. The fraction of sp³-hybridized carbons (Fsp3) is 0.870. The van der Waals surface area contributed by atoms with Crippen molar-refractivity contribution in [3.8, 4) is 0 Å². The molecule has 162 valence electrons. The van der Waals surface area contributed by atoms with E-state index in [1.54, 1.807) is 0 Å². The van der Waals surface area contributed by atoms with Crippen molar-refractivity contribution in [1.29, 1.82) is 0 Å². The van der Waals surface area contributed by atoms with E-state index in [0.717, 1.165) is 56.3 Å². The standard InChI is InChI=1S/C23H36N2O4/c1-15-4-2-3-5-19(15)25-20(26)14-29-21(27)6-7-24-22(28)23-11-16-8-17(12-23)10-18(9-16)13-23/h15-19H,2-14H2,1H3,(H,24,28)(H,25,26)/t15-,16?,17?,18?,19-,23?/m0/s1. The van der Waals surface area contributed by atoms with Gasteiger partial charge in [0, 0.05) is 18.0 Å². The molecular weight excluding hydrogens is 368 g/mol. The second-order valence-electron chi connectivity index (χ2n) is 10.3. The maximum absolute atomic E-state index is 12.9. The van der Waals surface area contributed by atoms with Gasteiger partial charge in [-0.15, -0.1) is 0 Å². The fourth-order valence-electron chi connectivity index (χ4n) is 6.85. The van der Waals surface area contributed by atoms with Crippen molar-refractivity contribution in [2.75, 3.05) is 13.2 Å². The van der Waals surface area contributed by atoms with E-state index in [1.807, 2.05) is 0 Å². The van der Waals surface area contributed by atoms with Crippen molar-refractivity contribution in [2.24, 2.45) is 29.1 Å². The van der Waals surface area contributed by atoms with Crippen LogP contribution in [-0.2, 0) is 19.1 Å². The van der Waals surface area contributed by atoms with Crippen LogP contribution in [0.2, 0.25) is 0 Å². The van der Waals surface area contributed by atoms with E-state index in [-0.39, 0.29) is 36.3 Å². The molecule has 5 fully saturated rings. The van der Waals surface area contributed by atoms with Crippen molar-refractivity contribution in [3.05, 3.63) is 0 Å². The SMILES string of the molecule is C[C@H]1CCCC[C@@H]1NC(=O)COC(=O)CCNC(=O)C12CC3CC(CC(C3)C1)C2. The van der Waals surface area contributed by atoms with Gasteiger partial charge < -0.3 is 15.4 Å². The number of ether oxygens (including phenoxy) is 1. The highest BCUT2D eigenvalue weighted by atomic mass is 16.5. The third-order valence-electron chi connectivity index (χ3n) is 7.96. The first kappa shape index (κ1) is 20.7. The molecule has 5 saturated carbocycles. The van der Waals surface area contributed by atoms with E-state index in [1.165, 1.54) is 25.7 Å². The zero-order valence-corrected chi connectivity index (χ0v) is 17.7. The first-order valence-corrected chi connectivity index (χ1v) is 11.7. The van der Waals surface area contributed by atoms with Crippen LogP contribution in [0.1, 0.15) is 77.6 Å². The molecule has 0 saturated heterocycles. The van der Waals surface area contributed by atoms with Gasteiger partial charge in [-0.05, 0) is 75.0 Å². The summed E-state index contributed by atoms with van der Waals surface area (Å²) in [6.45, 7) is 2.22. The normalized spacial score (nSPS) is 37.8.